The maximum absolute atomic E-state index is 12.4. The van der Waals surface area contributed by atoms with Gasteiger partial charge in [-0.15, -0.1) is 11.3 Å². The molecule has 3 aromatic rings. The number of thiazole rings is 1. The van der Waals surface area contributed by atoms with Gasteiger partial charge >= 0.3 is 0 Å². The number of aryl methyl sites for hydroxylation is 1. The minimum atomic E-state index is -0.153. The number of hydrogen-bond acceptors (Lipinski definition) is 4. The van der Waals surface area contributed by atoms with Crippen molar-refractivity contribution in [1.29, 1.82) is 0 Å². The average molecular weight is 371 g/mol. The number of hydrogen-bond donors (Lipinski definition) is 1. The van der Waals surface area contributed by atoms with Crippen molar-refractivity contribution in [3.63, 3.8) is 0 Å². The molecule has 3 nitrogen and oxygen atoms in total. The molecule has 3 rings (SSSR count). The molecule has 0 saturated carbocycles. The molecule has 5 heteroatoms. The third-order valence-electron chi connectivity index (χ3n) is 4.02. The molecule has 1 amide bonds. The summed E-state index contributed by atoms with van der Waals surface area (Å²) in [6.45, 7) is 4.01. The van der Waals surface area contributed by atoms with E-state index in [-0.39, 0.29) is 17.2 Å². The van der Waals surface area contributed by atoms with E-state index < -0.39 is 0 Å². The fourth-order valence-corrected chi connectivity index (χ4v) is 4.79. The van der Waals surface area contributed by atoms with Crippen molar-refractivity contribution in [2.75, 3.05) is 0 Å². The molecular weight excluding hydrogens is 348 g/mol. The zero-order chi connectivity index (χ0) is 17.6. The zero-order valence-corrected chi connectivity index (χ0v) is 16.1. The molecule has 0 aliphatic heterocycles. The van der Waals surface area contributed by atoms with Crippen LogP contribution < -0.4 is 5.32 Å². The Morgan fingerprint density at radius 3 is 2.60 bits per heavy atom. The van der Waals surface area contributed by atoms with Crippen molar-refractivity contribution in [1.82, 2.24) is 10.3 Å². The summed E-state index contributed by atoms with van der Waals surface area (Å²) in [5, 5.41) is 2.97. The van der Waals surface area contributed by atoms with Crippen LogP contribution in [0.15, 0.2) is 58.9 Å². The van der Waals surface area contributed by atoms with E-state index in [4.69, 9.17) is 0 Å². The standard InChI is InChI=1S/C20H22N2OS2/c1-14(12-13-16-8-4-3-5-9-16)21-19(23)15(2)24-20-22-17-10-6-7-11-18(17)25-20/h3-11,14-15H,12-13H2,1-2H3,(H,21,23)/t14-,15+/m1/s1. The van der Waals surface area contributed by atoms with Gasteiger partial charge < -0.3 is 5.32 Å². The smallest absolute Gasteiger partial charge is 0.233 e. The number of rotatable bonds is 7. The lowest BCUT2D eigenvalue weighted by Gasteiger charge is -2.16. The first-order valence-electron chi connectivity index (χ1n) is 8.48. The SMILES string of the molecule is C[C@H](CCc1ccccc1)NC(=O)[C@H](C)Sc1nc2ccccc2s1. The highest BCUT2D eigenvalue weighted by atomic mass is 32.2. The molecule has 0 spiro atoms. The monoisotopic (exact) mass is 370 g/mol. The molecule has 130 valence electrons. The largest absolute Gasteiger partial charge is 0.353 e. The third kappa shape index (κ3) is 5.06. The summed E-state index contributed by atoms with van der Waals surface area (Å²) >= 11 is 3.17. The summed E-state index contributed by atoms with van der Waals surface area (Å²) < 4.78 is 2.11. The van der Waals surface area contributed by atoms with E-state index in [1.165, 1.54) is 17.3 Å². The van der Waals surface area contributed by atoms with Crippen LogP contribution in [-0.4, -0.2) is 22.2 Å². The zero-order valence-electron chi connectivity index (χ0n) is 14.4. The molecule has 0 aliphatic carbocycles. The van der Waals surface area contributed by atoms with Crippen molar-refractivity contribution >= 4 is 39.2 Å². The number of aromatic nitrogens is 1. The van der Waals surface area contributed by atoms with Crippen LogP contribution in [0.1, 0.15) is 25.8 Å². The van der Waals surface area contributed by atoms with E-state index in [2.05, 4.69) is 47.6 Å². The van der Waals surface area contributed by atoms with E-state index in [0.717, 1.165) is 27.4 Å². The number of nitrogens with one attached hydrogen (secondary N) is 1. The summed E-state index contributed by atoms with van der Waals surface area (Å²) in [4.78, 5) is 17.0. The summed E-state index contributed by atoms with van der Waals surface area (Å²) in [7, 11) is 0. The maximum atomic E-state index is 12.4. The second-order valence-corrected chi connectivity index (χ2v) is 8.76. The minimum Gasteiger partial charge on any atom is -0.353 e. The quantitative estimate of drug-likeness (QED) is 0.601. The maximum Gasteiger partial charge on any atom is 0.233 e. The van der Waals surface area contributed by atoms with Crippen molar-refractivity contribution in [3.8, 4) is 0 Å². The van der Waals surface area contributed by atoms with Crippen molar-refractivity contribution in [2.45, 2.75) is 42.3 Å². The van der Waals surface area contributed by atoms with Crippen molar-refractivity contribution in [3.05, 3.63) is 60.2 Å². The molecule has 0 aliphatic rings. The molecule has 0 fully saturated rings. The lowest BCUT2D eigenvalue weighted by Crippen LogP contribution is -2.37. The molecule has 0 radical (unpaired) electrons. The number of thioether (sulfide) groups is 1. The fourth-order valence-electron chi connectivity index (χ4n) is 2.57. The van der Waals surface area contributed by atoms with Gasteiger partial charge in [0.2, 0.25) is 5.91 Å². The van der Waals surface area contributed by atoms with Gasteiger partial charge in [0.25, 0.3) is 0 Å². The molecule has 1 aromatic heterocycles. The van der Waals surface area contributed by atoms with Crippen LogP contribution in [-0.2, 0) is 11.2 Å². The molecule has 2 atom stereocenters. The Bertz CT molecular complexity index is 799. The van der Waals surface area contributed by atoms with Crippen LogP contribution in [0.4, 0.5) is 0 Å². The number of carbonyl (C=O) groups excluding carboxylic acids is 1. The van der Waals surface area contributed by atoms with E-state index in [1.54, 1.807) is 11.3 Å². The first-order chi connectivity index (χ1) is 12.1. The molecule has 1 N–H and O–H groups in total. The van der Waals surface area contributed by atoms with Crippen LogP contribution in [0.5, 0.6) is 0 Å². The molecule has 25 heavy (non-hydrogen) atoms. The van der Waals surface area contributed by atoms with Gasteiger partial charge in [-0.1, -0.05) is 54.2 Å². The number of benzene rings is 2. The van der Waals surface area contributed by atoms with Crippen molar-refractivity contribution < 1.29 is 4.79 Å². The number of nitrogens with zero attached hydrogens (tertiary/aromatic N) is 1. The Kier molecular flexibility index (Phi) is 6.10. The highest BCUT2D eigenvalue weighted by Crippen LogP contribution is 2.31. The molecule has 1 heterocycles. The van der Waals surface area contributed by atoms with Gasteiger partial charge in [0.15, 0.2) is 4.34 Å². The molecule has 2 aromatic carbocycles. The van der Waals surface area contributed by atoms with E-state index in [1.807, 2.05) is 31.2 Å². The predicted octanol–water partition coefficient (Wildman–Crippen LogP) is 4.91. The van der Waals surface area contributed by atoms with E-state index >= 15 is 0 Å². The number of fused-ring (bicyclic) bond motifs is 1. The van der Waals surface area contributed by atoms with E-state index in [0.29, 0.717) is 0 Å². The Morgan fingerprint density at radius 2 is 1.84 bits per heavy atom. The molecule has 0 saturated heterocycles. The highest BCUT2D eigenvalue weighted by Gasteiger charge is 2.18. The first-order valence-corrected chi connectivity index (χ1v) is 10.2. The second-order valence-electron chi connectivity index (χ2n) is 6.14. The Morgan fingerprint density at radius 1 is 1.12 bits per heavy atom. The molecular formula is C20H22N2OS2. The Hall–Kier alpha value is -1.85. The van der Waals surface area contributed by atoms with Crippen LogP contribution in [0.2, 0.25) is 0 Å². The van der Waals surface area contributed by atoms with Crippen LogP contribution in [0, 0.1) is 0 Å². The van der Waals surface area contributed by atoms with Gasteiger partial charge in [-0.25, -0.2) is 4.98 Å². The summed E-state index contributed by atoms with van der Waals surface area (Å²) in [5.74, 6) is 0.0739. The summed E-state index contributed by atoms with van der Waals surface area (Å²) in [6.07, 6.45) is 1.91. The molecule has 0 bridgehead atoms. The van der Waals surface area contributed by atoms with Gasteiger partial charge in [-0.05, 0) is 44.4 Å². The number of amides is 1. The predicted molar refractivity (Wildman–Crippen MR) is 107 cm³/mol. The van der Waals surface area contributed by atoms with E-state index in [9.17, 15) is 4.79 Å². The van der Waals surface area contributed by atoms with Gasteiger partial charge in [0, 0.05) is 6.04 Å². The van der Waals surface area contributed by atoms with Crippen LogP contribution in [0.25, 0.3) is 10.2 Å². The molecule has 0 unspecified atom stereocenters. The lowest BCUT2D eigenvalue weighted by atomic mass is 10.1. The lowest BCUT2D eigenvalue weighted by molar-refractivity contribution is -0.120. The number of para-hydroxylation sites is 1. The van der Waals surface area contributed by atoms with Crippen LogP contribution >= 0.6 is 23.1 Å². The average Bonchev–Trinajstić information content (AvgIpc) is 3.03. The van der Waals surface area contributed by atoms with Gasteiger partial charge in [0.1, 0.15) is 0 Å². The summed E-state index contributed by atoms with van der Waals surface area (Å²) in [5.41, 5.74) is 2.30. The fraction of sp³-hybridized carbons (Fsp3) is 0.300. The highest BCUT2D eigenvalue weighted by molar-refractivity contribution is 8.02. The Labute approximate surface area is 156 Å². The first kappa shape index (κ1) is 18.0. The summed E-state index contributed by atoms with van der Waals surface area (Å²) in [6, 6.07) is 18.6. The third-order valence-corrected chi connectivity index (χ3v) is 6.25. The second kappa shape index (κ2) is 8.50. The Balaban J connectivity index is 1.49. The van der Waals surface area contributed by atoms with Gasteiger partial charge in [-0.3, -0.25) is 4.79 Å². The van der Waals surface area contributed by atoms with Gasteiger partial charge in [-0.2, -0.15) is 0 Å². The minimum absolute atomic E-state index is 0.0739. The topological polar surface area (TPSA) is 42.0 Å². The van der Waals surface area contributed by atoms with Gasteiger partial charge in [0.05, 0.1) is 15.5 Å². The number of carbonyl (C=O) groups is 1. The normalized spacial score (nSPS) is 13.5. The van der Waals surface area contributed by atoms with Crippen molar-refractivity contribution in [2.24, 2.45) is 0 Å². The van der Waals surface area contributed by atoms with Crippen LogP contribution in [0.3, 0.4) is 0 Å².